The van der Waals surface area contributed by atoms with Crippen molar-refractivity contribution in [3.8, 4) is 0 Å². The SMILES string of the molecule is CCC(CC)N(CC(F)(F)F)C(=O)c1cc(Cl)ccc1F. The molecule has 0 saturated heterocycles. The van der Waals surface area contributed by atoms with Gasteiger partial charge >= 0.3 is 6.18 Å². The molecular weight excluding hydrogens is 310 g/mol. The van der Waals surface area contributed by atoms with Crippen LogP contribution in [0.15, 0.2) is 18.2 Å². The summed E-state index contributed by atoms with van der Waals surface area (Å²) in [5.41, 5.74) is -0.446. The molecule has 0 heterocycles. The monoisotopic (exact) mass is 325 g/mol. The summed E-state index contributed by atoms with van der Waals surface area (Å²) >= 11 is 5.69. The normalized spacial score (nSPS) is 11.8. The zero-order valence-electron chi connectivity index (χ0n) is 11.7. The second-order valence-electron chi connectivity index (χ2n) is 4.64. The lowest BCUT2D eigenvalue weighted by molar-refractivity contribution is -0.145. The minimum Gasteiger partial charge on any atom is -0.326 e. The molecule has 21 heavy (non-hydrogen) atoms. The van der Waals surface area contributed by atoms with Crippen molar-refractivity contribution in [1.82, 2.24) is 4.90 Å². The van der Waals surface area contributed by atoms with Crippen molar-refractivity contribution < 1.29 is 22.4 Å². The second kappa shape index (κ2) is 7.11. The average molecular weight is 326 g/mol. The van der Waals surface area contributed by atoms with Crippen LogP contribution in [0.1, 0.15) is 37.0 Å². The van der Waals surface area contributed by atoms with Crippen molar-refractivity contribution in [2.24, 2.45) is 0 Å². The van der Waals surface area contributed by atoms with Crippen molar-refractivity contribution in [2.75, 3.05) is 6.54 Å². The number of carbonyl (C=O) groups excluding carboxylic acids is 1. The first-order chi connectivity index (χ1) is 9.69. The third-order valence-electron chi connectivity index (χ3n) is 3.15. The van der Waals surface area contributed by atoms with Gasteiger partial charge in [-0.15, -0.1) is 0 Å². The van der Waals surface area contributed by atoms with Gasteiger partial charge in [-0.3, -0.25) is 4.79 Å². The van der Waals surface area contributed by atoms with Crippen LogP contribution in [0.25, 0.3) is 0 Å². The fraction of sp³-hybridized carbons (Fsp3) is 0.500. The zero-order chi connectivity index (χ0) is 16.2. The van der Waals surface area contributed by atoms with Crippen LogP contribution in [0, 0.1) is 5.82 Å². The molecule has 0 aliphatic carbocycles. The predicted molar refractivity (Wildman–Crippen MR) is 72.9 cm³/mol. The third kappa shape index (κ3) is 4.88. The molecule has 0 spiro atoms. The molecule has 0 atom stereocenters. The summed E-state index contributed by atoms with van der Waals surface area (Å²) in [6.07, 6.45) is -3.85. The van der Waals surface area contributed by atoms with Gasteiger partial charge in [0.15, 0.2) is 0 Å². The topological polar surface area (TPSA) is 20.3 Å². The summed E-state index contributed by atoms with van der Waals surface area (Å²) in [6.45, 7) is 1.95. The summed E-state index contributed by atoms with van der Waals surface area (Å²) in [7, 11) is 0. The molecule has 0 N–H and O–H groups in total. The maximum Gasteiger partial charge on any atom is 0.406 e. The minimum atomic E-state index is -4.55. The van der Waals surface area contributed by atoms with Crippen molar-refractivity contribution in [3.05, 3.63) is 34.6 Å². The second-order valence-corrected chi connectivity index (χ2v) is 5.08. The van der Waals surface area contributed by atoms with E-state index < -0.39 is 36.1 Å². The Hall–Kier alpha value is -1.30. The van der Waals surface area contributed by atoms with E-state index >= 15 is 0 Å². The van der Waals surface area contributed by atoms with E-state index in [9.17, 15) is 22.4 Å². The molecule has 0 aliphatic rings. The van der Waals surface area contributed by atoms with E-state index in [1.165, 1.54) is 6.07 Å². The quantitative estimate of drug-likeness (QED) is 0.720. The van der Waals surface area contributed by atoms with E-state index in [0.717, 1.165) is 12.1 Å². The van der Waals surface area contributed by atoms with Gasteiger partial charge < -0.3 is 4.90 Å². The Morgan fingerprint density at radius 1 is 1.29 bits per heavy atom. The Labute approximate surface area is 125 Å². The lowest BCUT2D eigenvalue weighted by atomic mass is 10.1. The molecule has 0 bridgehead atoms. The molecule has 7 heteroatoms. The molecule has 0 saturated carbocycles. The summed E-state index contributed by atoms with van der Waals surface area (Å²) in [6, 6.07) is 2.63. The largest absolute Gasteiger partial charge is 0.406 e. The van der Waals surface area contributed by atoms with E-state index in [2.05, 4.69) is 0 Å². The van der Waals surface area contributed by atoms with Gasteiger partial charge in [-0.25, -0.2) is 4.39 Å². The van der Waals surface area contributed by atoms with Crippen LogP contribution in [-0.2, 0) is 0 Å². The first kappa shape index (κ1) is 17.8. The number of benzene rings is 1. The Bertz CT molecular complexity index is 500. The number of rotatable bonds is 5. The molecule has 2 nitrogen and oxygen atoms in total. The zero-order valence-corrected chi connectivity index (χ0v) is 12.4. The van der Waals surface area contributed by atoms with Crippen LogP contribution in [0.2, 0.25) is 5.02 Å². The van der Waals surface area contributed by atoms with E-state index in [4.69, 9.17) is 11.6 Å². The van der Waals surface area contributed by atoms with Crippen molar-refractivity contribution in [2.45, 2.75) is 38.9 Å². The van der Waals surface area contributed by atoms with Crippen molar-refractivity contribution in [1.29, 1.82) is 0 Å². The molecule has 0 fully saturated rings. The lowest BCUT2D eigenvalue weighted by Gasteiger charge is -2.31. The van der Waals surface area contributed by atoms with E-state index in [1.807, 2.05) is 0 Å². The number of alkyl halides is 3. The Morgan fingerprint density at radius 2 is 1.86 bits per heavy atom. The maximum atomic E-state index is 13.7. The van der Waals surface area contributed by atoms with Crippen LogP contribution >= 0.6 is 11.6 Å². The first-order valence-corrected chi connectivity index (χ1v) is 6.90. The molecule has 0 aliphatic heterocycles. The molecule has 1 aromatic rings. The van der Waals surface area contributed by atoms with Crippen LogP contribution in [-0.4, -0.2) is 29.6 Å². The highest BCUT2D eigenvalue weighted by atomic mass is 35.5. The number of halogens is 5. The molecule has 0 aromatic heterocycles. The average Bonchev–Trinajstić information content (AvgIpc) is 2.39. The van der Waals surface area contributed by atoms with Gasteiger partial charge in [-0.1, -0.05) is 25.4 Å². The number of nitrogens with zero attached hydrogens (tertiary/aromatic N) is 1. The van der Waals surface area contributed by atoms with Crippen LogP contribution in [0.5, 0.6) is 0 Å². The molecule has 1 amide bonds. The fourth-order valence-corrected chi connectivity index (χ4v) is 2.28. The van der Waals surface area contributed by atoms with Gasteiger partial charge in [0.2, 0.25) is 0 Å². The smallest absolute Gasteiger partial charge is 0.326 e. The minimum absolute atomic E-state index is 0.0938. The standard InChI is InChI=1S/C14H16ClF4NO/c1-3-10(4-2)20(8-14(17,18)19)13(21)11-7-9(15)5-6-12(11)16/h5-7,10H,3-4,8H2,1-2H3. The van der Waals surface area contributed by atoms with Crippen LogP contribution in [0.4, 0.5) is 17.6 Å². The Balaban J connectivity index is 3.18. The van der Waals surface area contributed by atoms with Crippen molar-refractivity contribution in [3.63, 3.8) is 0 Å². The molecule has 1 rings (SSSR count). The third-order valence-corrected chi connectivity index (χ3v) is 3.39. The van der Waals surface area contributed by atoms with Gasteiger partial charge in [0.1, 0.15) is 12.4 Å². The molecule has 118 valence electrons. The summed E-state index contributed by atoms with van der Waals surface area (Å²) < 4.78 is 51.7. The van der Waals surface area contributed by atoms with E-state index in [1.54, 1.807) is 13.8 Å². The van der Waals surface area contributed by atoms with E-state index in [0.29, 0.717) is 17.7 Å². The Morgan fingerprint density at radius 3 is 2.33 bits per heavy atom. The molecular formula is C14H16ClF4NO. The highest BCUT2D eigenvalue weighted by Crippen LogP contribution is 2.24. The summed E-state index contributed by atoms with van der Waals surface area (Å²) in [5.74, 6) is -1.89. The Kier molecular flexibility index (Phi) is 6.01. The molecule has 0 radical (unpaired) electrons. The van der Waals surface area contributed by atoms with Gasteiger partial charge in [-0.2, -0.15) is 13.2 Å². The van der Waals surface area contributed by atoms with Gasteiger partial charge in [0.05, 0.1) is 5.56 Å². The number of hydrogen-bond acceptors (Lipinski definition) is 1. The van der Waals surface area contributed by atoms with Gasteiger partial charge in [0, 0.05) is 11.1 Å². The van der Waals surface area contributed by atoms with Crippen LogP contribution < -0.4 is 0 Å². The number of hydrogen-bond donors (Lipinski definition) is 0. The highest BCUT2D eigenvalue weighted by molar-refractivity contribution is 6.31. The maximum absolute atomic E-state index is 13.7. The van der Waals surface area contributed by atoms with Crippen molar-refractivity contribution >= 4 is 17.5 Å². The van der Waals surface area contributed by atoms with E-state index in [-0.39, 0.29) is 5.02 Å². The predicted octanol–water partition coefficient (Wildman–Crippen LogP) is 4.67. The lowest BCUT2D eigenvalue weighted by Crippen LogP contribution is -2.45. The summed E-state index contributed by atoms with van der Waals surface area (Å²) in [5, 5.41) is 0.0938. The molecule has 1 aromatic carbocycles. The first-order valence-electron chi connectivity index (χ1n) is 6.52. The summed E-state index contributed by atoms with van der Waals surface area (Å²) in [4.78, 5) is 12.9. The van der Waals surface area contributed by atoms with Crippen LogP contribution in [0.3, 0.4) is 0 Å². The van der Waals surface area contributed by atoms with Gasteiger partial charge in [-0.05, 0) is 31.0 Å². The fourth-order valence-electron chi connectivity index (χ4n) is 2.11. The molecule has 0 unspecified atom stereocenters. The number of carbonyl (C=O) groups is 1. The highest BCUT2D eigenvalue weighted by Gasteiger charge is 2.36. The van der Waals surface area contributed by atoms with Gasteiger partial charge in [0.25, 0.3) is 5.91 Å². The number of amides is 1.